The van der Waals surface area contributed by atoms with Gasteiger partial charge in [-0.25, -0.2) is 0 Å². The summed E-state index contributed by atoms with van der Waals surface area (Å²) in [5.74, 6) is 0. The highest BCUT2D eigenvalue weighted by Gasteiger charge is 1.97. The molecule has 0 atom stereocenters. The zero-order valence-electron chi connectivity index (χ0n) is 5.04. The van der Waals surface area contributed by atoms with Crippen molar-refractivity contribution in [3.8, 4) is 0 Å². The van der Waals surface area contributed by atoms with E-state index in [1.54, 1.807) is 0 Å². The van der Waals surface area contributed by atoms with Gasteiger partial charge in [0, 0.05) is 15.2 Å². The minimum atomic E-state index is 1.06. The van der Waals surface area contributed by atoms with Gasteiger partial charge in [-0.1, -0.05) is 12.1 Å². The summed E-state index contributed by atoms with van der Waals surface area (Å²) in [6, 6.07) is 6.08. The molecule has 1 aromatic heterocycles. The van der Waals surface area contributed by atoms with Gasteiger partial charge >= 0.3 is 0 Å². The van der Waals surface area contributed by atoms with Gasteiger partial charge in [-0.3, -0.25) is 0 Å². The number of fused-ring (bicyclic) bond motifs is 1. The summed E-state index contributed by atoms with van der Waals surface area (Å²) in [7, 11) is 0. The SMILES string of the molecule is Brc1cccc2csnc12. The van der Waals surface area contributed by atoms with Crippen molar-refractivity contribution < 1.29 is 0 Å². The number of hydrogen-bond acceptors (Lipinski definition) is 2. The summed E-state index contributed by atoms with van der Waals surface area (Å²) in [6.45, 7) is 0. The first-order valence-corrected chi connectivity index (χ1v) is 4.49. The highest BCUT2D eigenvalue weighted by molar-refractivity contribution is 9.10. The molecular weight excluding hydrogens is 210 g/mol. The smallest absolute Gasteiger partial charge is 0.0982 e. The van der Waals surface area contributed by atoms with Crippen molar-refractivity contribution in [3.63, 3.8) is 0 Å². The highest BCUT2D eigenvalue weighted by Crippen LogP contribution is 2.23. The number of halogens is 1. The summed E-state index contributed by atoms with van der Waals surface area (Å²) in [6.07, 6.45) is 0. The zero-order chi connectivity index (χ0) is 6.97. The van der Waals surface area contributed by atoms with E-state index < -0.39 is 0 Å². The maximum absolute atomic E-state index is 4.21. The molecule has 0 bridgehead atoms. The van der Waals surface area contributed by atoms with Crippen molar-refractivity contribution in [2.24, 2.45) is 0 Å². The van der Waals surface area contributed by atoms with Gasteiger partial charge in [0.25, 0.3) is 0 Å². The monoisotopic (exact) mass is 213 g/mol. The van der Waals surface area contributed by atoms with Gasteiger partial charge in [0.2, 0.25) is 0 Å². The molecule has 0 aliphatic carbocycles. The van der Waals surface area contributed by atoms with Gasteiger partial charge in [0.1, 0.15) is 0 Å². The van der Waals surface area contributed by atoms with E-state index in [1.165, 1.54) is 16.9 Å². The molecule has 0 unspecified atom stereocenters. The van der Waals surface area contributed by atoms with Crippen LogP contribution in [0.2, 0.25) is 0 Å². The Hall–Kier alpha value is -0.410. The first kappa shape index (κ1) is 6.31. The van der Waals surface area contributed by atoms with Crippen molar-refractivity contribution in [2.75, 3.05) is 0 Å². The van der Waals surface area contributed by atoms with Crippen LogP contribution in [-0.2, 0) is 0 Å². The van der Waals surface area contributed by atoms with E-state index in [1.807, 2.05) is 17.5 Å². The van der Waals surface area contributed by atoms with Crippen LogP contribution in [0, 0.1) is 0 Å². The molecule has 0 amide bonds. The van der Waals surface area contributed by atoms with Crippen molar-refractivity contribution >= 4 is 38.4 Å². The van der Waals surface area contributed by atoms with Gasteiger partial charge < -0.3 is 0 Å². The third kappa shape index (κ3) is 0.859. The lowest BCUT2D eigenvalue weighted by molar-refractivity contribution is 1.63. The summed E-state index contributed by atoms with van der Waals surface area (Å²) in [4.78, 5) is 0. The average molecular weight is 214 g/mol. The Kier molecular flexibility index (Phi) is 1.47. The maximum Gasteiger partial charge on any atom is 0.0982 e. The number of hydrogen-bond donors (Lipinski definition) is 0. The molecule has 0 spiro atoms. The van der Waals surface area contributed by atoms with E-state index in [-0.39, 0.29) is 0 Å². The molecule has 3 heteroatoms. The van der Waals surface area contributed by atoms with E-state index in [2.05, 4.69) is 26.4 Å². The van der Waals surface area contributed by atoms with Gasteiger partial charge in [0.15, 0.2) is 0 Å². The number of benzene rings is 1. The predicted octanol–water partition coefficient (Wildman–Crippen LogP) is 3.06. The van der Waals surface area contributed by atoms with Crippen LogP contribution in [0.25, 0.3) is 10.9 Å². The second-order valence-electron chi connectivity index (χ2n) is 1.99. The quantitative estimate of drug-likeness (QED) is 0.656. The lowest BCUT2D eigenvalue weighted by atomic mass is 10.3. The third-order valence-corrected chi connectivity index (χ3v) is 2.63. The second kappa shape index (κ2) is 2.32. The van der Waals surface area contributed by atoms with Crippen LogP contribution in [0.3, 0.4) is 0 Å². The van der Waals surface area contributed by atoms with Crippen LogP contribution < -0.4 is 0 Å². The second-order valence-corrected chi connectivity index (χ2v) is 3.48. The molecule has 0 aliphatic rings. The van der Waals surface area contributed by atoms with Gasteiger partial charge in [0.05, 0.1) is 5.52 Å². The van der Waals surface area contributed by atoms with Gasteiger partial charge in [-0.2, -0.15) is 4.37 Å². The van der Waals surface area contributed by atoms with Crippen molar-refractivity contribution in [3.05, 3.63) is 28.1 Å². The topological polar surface area (TPSA) is 12.9 Å². The van der Waals surface area contributed by atoms with Crippen LogP contribution in [0.1, 0.15) is 0 Å². The Labute approximate surface area is 71.0 Å². The zero-order valence-corrected chi connectivity index (χ0v) is 7.45. The molecule has 0 N–H and O–H groups in total. The maximum atomic E-state index is 4.21. The fraction of sp³-hybridized carbons (Fsp3) is 0. The van der Waals surface area contributed by atoms with Crippen molar-refractivity contribution in [1.29, 1.82) is 0 Å². The third-order valence-electron chi connectivity index (χ3n) is 1.34. The molecule has 0 saturated heterocycles. The minimum Gasteiger partial charge on any atom is -0.191 e. The fourth-order valence-electron chi connectivity index (χ4n) is 0.859. The highest BCUT2D eigenvalue weighted by atomic mass is 79.9. The molecule has 2 aromatic rings. The average Bonchev–Trinajstić information content (AvgIpc) is 2.36. The molecule has 0 fully saturated rings. The summed E-state index contributed by atoms with van der Waals surface area (Å²) in [5, 5.41) is 3.25. The van der Waals surface area contributed by atoms with Crippen molar-refractivity contribution in [1.82, 2.24) is 4.37 Å². The van der Waals surface area contributed by atoms with E-state index in [0.29, 0.717) is 0 Å². The summed E-state index contributed by atoms with van der Waals surface area (Å²) < 4.78 is 5.29. The molecule has 2 rings (SSSR count). The van der Waals surface area contributed by atoms with E-state index in [9.17, 15) is 0 Å². The Bertz CT molecular complexity index is 355. The van der Waals surface area contributed by atoms with Crippen LogP contribution in [-0.4, -0.2) is 4.37 Å². The standard InChI is InChI=1S/C7H4BrNS/c8-6-3-1-2-5-4-10-9-7(5)6/h1-4H. The lowest BCUT2D eigenvalue weighted by Crippen LogP contribution is -1.67. The number of aromatic nitrogens is 1. The molecule has 1 nitrogen and oxygen atoms in total. The predicted molar refractivity (Wildman–Crippen MR) is 47.3 cm³/mol. The van der Waals surface area contributed by atoms with Crippen molar-refractivity contribution in [2.45, 2.75) is 0 Å². The molecule has 1 aromatic carbocycles. The molecule has 1 heterocycles. The first-order valence-electron chi connectivity index (χ1n) is 2.86. The van der Waals surface area contributed by atoms with E-state index >= 15 is 0 Å². The van der Waals surface area contributed by atoms with Crippen LogP contribution in [0.5, 0.6) is 0 Å². The van der Waals surface area contributed by atoms with Gasteiger partial charge in [-0.15, -0.1) is 0 Å². The first-order chi connectivity index (χ1) is 4.88. The van der Waals surface area contributed by atoms with Crippen LogP contribution >= 0.6 is 27.5 Å². The van der Waals surface area contributed by atoms with Crippen LogP contribution in [0.4, 0.5) is 0 Å². The van der Waals surface area contributed by atoms with Gasteiger partial charge in [-0.05, 0) is 33.5 Å². The lowest BCUT2D eigenvalue weighted by Gasteiger charge is -1.88. The normalized spacial score (nSPS) is 10.5. The Balaban J connectivity index is 2.95. The minimum absolute atomic E-state index is 1.06. The molecule has 0 saturated carbocycles. The summed E-state index contributed by atoms with van der Waals surface area (Å²) >= 11 is 4.91. The molecule has 0 aliphatic heterocycles. The molecule has 10 heavy (non-hydrogen) atoms. The number of nitrogens with zero attached hydrogens (tertiary/aromatic N) is 1. The van der Waals surface area contributed by atoms with E-state index in [0.717, 1.165) is 9.99 Å². The van der Waals surface area contributed by atoms with Crippen LogP contribution in [0.15, 0.2) is 28.1 Å². The summed E-state index contributed by atoms with van der Waals surface area (Å²) in [5.41, 5.74) is 1.06. The largest absolute Gasteiger partial charge is 0.191 e. The molecule has 0 radical (unpaired) electrons. The Morgan fingerprint density at radius 1 is 1.40 bits per heavy atom. The molecule has 50 valence electrons. The Morgan fingerprint density at radius 3 is 3.10 bits per heavy atom. The van der Waals surface area contributed by atoms with E-state index in [4.69, 9.17) is 0 Å². The molecular formula is C7H4BrNS. The fourth-order valence-corrected chi connectivity index (χ4v) is 2.11. The number of rotatable bonds is 0. The Morgan fingerprint density at radius 2 is 2.30 bits per heavy atom.